The van der Waals surface area contributed by atoms with Crippen molar-refractivity contribution in [2.45, 2.75) is 6.42 Å². The topological polar surface area (TPSA) is 119 Å². The lowest BCUT2D eigenvalue weighted by molar-refractivity contribution is 0.0913. The number of aromatic nitrogens is 2. The Bertz CT molecular complexity index is 832. The largest absolute Gasteiger partial charge is 0.412 e. The van der Waals surface area contributed by atoms with Crippen molar-refractivity contribution in [2.24, 2.45) is 5.92 Å². The predicted molar refractivity (Wildman–Crippen MR) is 82.1 cm³/mol. The van der Waals surface area contributed by atoms with Crippen molar-refractivity contribution in [1.29, 1.82) is 10.5 Å². The molecule has 1 aliphatic heterocycles. The summed E-state index contributed by atoms with van der Waals surface area (Å²) in [5.41, 5.74) is 1.06. The highest BCUT2D eigenvalue weighted by molar-refractivity contribution is 5.89. The average molecular weight is 322 g/mol. The Balaban J connectivity index is 1.62. The minimum Gasteiger partial charge on any atom is -0.412 e. The number of nitrogens with zero attached hydrogens (tertiary/aromatic N) is 5. The van der Waals surface area contributed by atoms with E-state index in [-0.39, 0.29) is 17.7 Å². The second-order valence-electron chi connectivity index (χ2n) is 5.52. The molecule has 24 heavy (non-hydrogen) atoms. The molecule has 0 aliphatic carbocycles. The molecule has 2 heterocycles. The molecule has 0 bridgehead atoms. The van der Waals surface area contributed by atoms with Gasteiger partial charge in [0.2, 0.25) is 5.89 Å². The number of nitriles is 2. The highest BCUT2D eigenvalue weighted by Gasteiger charge is 2.23. The zero-order valence-electron chi connectivity index (χ0n) is 12.8. The summed E-state index contributed by atoms with van der Waals surface area (Å²) in [6.07, 6.45) is 2.97. The van der Waals surface area contributed by atoms with E-state index in [1.54, 1.807) is 29.2 Å². The first-order chi connectivity index (χ1) is 11.7. The molecule has 1 N–H and O–H groups in total. The van der Waals surface area contributed by atoms with Gasteiger partial charge in [-0.2, -0.15) is 10.5 Å². The summed E-state index contributed by atoms with van der Waals surface area (Å²) in [6.45, 7) is 1.82. The van der Waals surface area contributed by atoms with Gasteiger partial charge >= 0.3 is 11.8 Å². The van der Waals surface area contributed by atoms with Crippen LogP contribution in [-0.4, -0.2) is 40.6 Å². The standard InChI is InChI=1S/C16H14N6O2/c17-7-11-2-1-3-13(6-11)15-20-21-16(24-15)14(23)19-8-12-4-5-22(9-12)10-18/h1-3,6,12H,4-5,8-9H2,(H,19,23)/t12-/m1/s1. The molecule has 1 amide bonds. The second-order valence-corrected chi connectivity index (χ2v) is 5.52. The minimum absolute atomic E-state index is 0.123. The summed E-state index contributed by atoms with van der Waals surface area (Å²) >= 11 is 0. The zero-order chi connectivity index (χ0) is 16.9. The zero-order valence-corrected chi connectivity index (χ0v) is 12.8. The molecule has 1 aromatic carbocycles. The van der Waals surface area contributed by atoms with Crippen LogP contribution in [0, 0.1) is 28.7 Å². The fourth-order valence-corrected chi connectivity index (χ4v) is 2.56. The van der Waals surface area contributed by atoms with E-state index in [1.165, 1.54) is 0 Å². The Morgan fingerprint density at radius 3 is 3.04 bits per heavy atom. The molecule has 8 heteroatoms. The molecule has 0 radical (unpaired) electrons. The van der Waals surface area contributed by atoms with E-state index in [0.29, 0.717) is 24.2 Å². The van der Waals surface area contributed by atoms with Gasteiger partial charge in [0.1, 0.15) is 0 Å². The quantitative estimate of drug-likeness (QED) is 0.838. The molecular formula is C16H14N6O2. The molecule has 0 saturated carbocycles. The van der Waals surface area contributed by atoms with Crippen LogP contribution in [0.5, 0.6) is 0 Å². The van der Waals surface area contributed by atoms with E-state index >= 15 is 0 Å². The van der Waals surface area contributed by atoms with E-state index in [4.69, 9.17) is 14.9 Å². The van der Waals surface area contributed by atoms with Crippen molar-refractivity contribution >= 4 is 5.91 Å². The van der Waals surface area contributed by atoms with Crippen molar-refractivity contribution < 1.29 is 9.21 Å². The molecule has 1 aliphatic rings. The highest BCUT2D eigenvalue weighted by Crippen LogP contribution is 2.19. The number of carbonyl (C=O) groups is 1. The van der Waals surface area contributed by atoms with Crippen LogP contribution in [0.2, 0.25) is 0 Å². The van der Waals surface area contributed by atoms with Gasteiger partial charge in [0.05, 0.1) is 11.6 Å². The molecule has 1 atom stereocenters. The molecule has 1 saturated heterocycles. The number of hydrogen-bond acceptors (Lipinski definition) is 7. The van der Waals surface area contributed by atoms with Gasteiger partial charge in [-0.1, -0.05) is 6.07 Å². The first-order valence-electron chi connectivity index (χ1n) is 7.46. The van der Waals surface area contributed by atoms with Crippen LogP contribution in [0.15, 0.2) is 28.7 Å². The number of likely N-dealkylation sites (tertiary alicyclic amines) is 1. The van der Waals surface area contributed by atoms with Gasteiger partial charge in [0.25, 0.3) is 0 Å². The molecule has 2 aromatic rings. The number of carbonyl (C=O) groups excluding carboxylic acids is 1. The Kier molecular flexibility index (Phi) is 4.39. The predicted octanol–water partition coefficient (Wildman–Crippen LogP) is 1.14. The lowest BCUT2D eigenvalue weighted by atomic mass is 10.1. The number of benzene rings is 1. The Labute approximate surface area is 138 Å². The van der Waals surface area contributed by atoms with Crippen LogP contribution in [0.1, 0.15) is 22.7 Å². The maximum Gasteiger partial charge on any atom is 0.308 e. The fourth-order valence-electron chi connectivity index (χ4n) is 2.56. The number of hydrogen-bond donors (Lipinski definition) is 1. The molecule has 0 unspecified atom stereocenters. The average Bonchev–Trinajstić information content (AvgIpc) is 3.29. The number of nitrogens with one attached hydrogen (secondary N) is 1. The fraction of sp³-hybridized carbons (Fsp3) is 0.312. The van der Waals surface area contributed by atoms with Crippen LogP contribution in [0.25, 0.3) is 11.5 Å². The third-order valence-corrected chi connectivity index (χ3v) is 3.84. The van der Waals surface area contributed by atoms with Gasteiger partial charge in [0.15, 0.2) is 6.19 Å². The van der Waals surface area contributed by atoms with E-state index in [9.17, 15) is 4.79 Å². The molecule has 8 nitrogen and oxygen atoms in total. The van der Waals surface area contributed by atoms with Gasteiger partial charge in [-0.05, 0) is 30.5 Å². The summed E-state index contributed by atoms with van der Waals surface area (Å²) in [5.74, 6) is -0.139. The van der Waals surface area contributed by atoms with Gasteiger partial charge in [-0.15, -0.1) is 10.2 Å². The number of amides is 1. The molecule has 3 rings (SSSR count). The van der Waals surface area contributed by atoms with Crippen LogP contribution in [0.4, 0.5) is 0 Å². The van der Waals surface area contributed by atoms with E-state index in [2.05, 4.69) is 21.7 Å². The lowest BCUT2D eigenvalue weighted by Gasteiger charge is -2.09. The second kappa shape index (κ2) is 6.80. The van der Waals surface area contributed by atoms with Gasteiger partial charge in [-0.25, -0.2) is 0 Å². The Hall–Kier alpha value is -3.39. The minimum atomic E-state index is -0.444. The summed E-state index contributed by atoms with van der Waals surface area (Å²) in [7, 11) is 0. The first kappa shape index (κ1) is 15.5. The third kappa shape index (κ3) is 3.33. The molecular weight excluding hydrogens is 308 g/mol. The van der Waals surface area contributed by atoms with E-state index in [1.807, 2.05) is 6.07 Å². The maximum absolute atomic E-state index is 12.1. The summed E-state index contributed by atoms with van der Waals surface area (Å²) in [6, 6.07) is 8.75. The smallest absolute Gasteiger partial charge is 0.308 e. The van der Waals surface area contributed by atoms with Crippen LogP contribution >= 0.6 is 0 Å². The maximum atomic E-state index is 12.1. The van der Waals surface area contributed by atoms with Gasteiger partial charge < -0.3 is 14.6 Å². The highest BCUT2D eigenvalue weighted by atomic mass is 16.4. The molecule has 0 spiro atoms. The monoisotopic (exact) mass is 322 g/mol. The van der Waals surface area contributed by atoms with Crippen molar-refractivity contribution in [2.75, 3.05) is 19.6 Å². The summed E-state index contributed by atoms with van der Waals surface area (Å²) in [4.78, 5) is 13.8. The van der Waals surface area contributed by atoms with Crippen molar-refractivity contribution in [3.63, 3.8) is 0 Å². The summed E-state index contributed by atoms with van der Waals surface area (Å²) < 4.78 is 5.38. The third-order valence-electron chi connectivity index (χ3n) is 3.84. The van der Waals surface area contributed by atoms with Crippen LogP contribution in [0.3, 0.4) is 0 Å². The van der Waals surface area contributed by atoms with Crippen molar-refractivity contribution in [3.05, 3.63) is 35.7 Å². The van der Waals surface area contributed by atoms with E-state index in [0.717, 1.165) is 13.0 Å². The van der Waals surface area contributed by atoms with Gasteiger partial charge in [-0.3, -0.25) is 4.79 Å². The Morgan fingerprint density at radius 2 is 2.29 bits per heavy atom. The lowest BCUT2D eigenvalue weighted by Crippen LogP contribution is -2.30. The van der Waals surface area contributed by atoms with E-state index < -0.39 is 5.91 Å². The normalized spacial score (nSPS) is 16.4. The van der Waals surface area contributed by atoms with Crippen molar-refractivity contribution in [1.82, 2.24) is 20.4 Å². The molecule has 1 fully saturated rings. The van der Waals surface area contributed by atoms with Crippen molar-refractivity contribution in [3.8, 4) is 23.7 Å². The van der Waals surface area contributed by atoms with Crippen LogP contribution < -0.4 is 5.32 Å². The van der Waals surface area contributed by atoms with Gasteiger partial charge in [0, 0.05) is 25.2 Å². The molecule has 120 valence electrons. The summed E-state index contributed by atoms with van der Waals surface area (Å²) in [5, 5.41) is 28.1. The first-order valence-corrected chi connectivity index (χ1v) is 7.46. The number of rotatable bonds is 4. The Morgan fingerprint density at radius 1 is 1.42 bits per heavy atom. The molecule has 1 aromatic heterocycles. The van der Waals surface area contributed by atoms with Crippen LogP contribution in [-0.2, 0) is 0 Å². The SMILES string of the molecule is N#Cc1cccc(-c2nnc(C(=O)NC[C@H]3CCN(C#N)C3)o2)c1.